The van der Waals surface area contributed by atoms with Gasteiger partial charge in [0.1, 0.15) is 6.04 Å². The average molecular weight is 453 g/mol. The van der Waals surface area contributed by atoms with Gasteiger partial charge in [-0.1, -0.05) is 78.9 Å². The Morgan fingerprint density at radius 3 is 1.97 bits per heavy atom. The Morgan fingerprint density at radius 1 is 0.824 bits per heavy atom. The molecule has 0 aliphatic carbocycles. The van der Waals surface area contributed by atoms with Gasteiger partial charge in [-0.25, -0.2) is 9.80 Å². The van der Waals surface area contributed by atoms with Crippen LogP contribution >= 0.6 is 0 Å². The topological polar surface area (TPSA) is 79.0 Å². The number of fused-ring (bicyclic) bond motifs is 1. The number of ether oxygens (including phenoxy) is 1. The molecule has 3 aromatic rings. The van der Waals surface area contributed by atoms with Crippen LogP contribution in [0.3, 0.4) is 0 Å². The predicted molar refractivity (Wildman–Crippen MR) is 125 cm³/mol. The fraction of sp³-hybridized carbons (Fsp3) is 0.148. The van der Waals surface area contributed by atoms with Gasteiger partial charge in [0.05, 0.1) is 24.8 Å². The van der Waals surface area contributed by atoms with E-state index in [2.05, 4.69) is 5.32 Å². The van der Waals surface area contributed by atoms with Crippen LogP contribution in [0.2, 0.25) is 0 Å². The maximum Gasteiger partial charge on any atom is 0.337 e. The maximum atomic E-state index is 13.6. The molecule has 2 aliphatic heterocycles. The molecule has 1 fully saturated rings. The number of amides is 2. The number of benzene rings is 3. The molecule has 0 bridgehead atoms. The third kappa shape index (κ3) is 3.66. The standard InChI is InChI=1S/C27H23N3O4/c1-34-27(33)21-17-29-26(32)22(28-25(31)20-15-9-4-10-16-20)24(19-13-7-3-8-14-19)30(29)23(21)18-11-5-2-6-12-18/h2-17,22-24H,1H3,(H,28,31)/t22-,23+,24-/m1/s1. The second-order valence-electron chi connectivity index (χ2n) is 8.12. The number of methoxy groups -OCH3 is 1. The highest BCUT2D eigenvalue weighted by atomic mass is 16.5. The van der Waals surface area contributed by atoms with E-state index in [1.807, 2.05) is 71.7 Å². The summed E-state index contributed by atoms with van der Waals surface area (Å²) in [5.74, 6) is -1.17. The molecule has 2 amide bonds. The number of hydrogen-bond donors (Lipinski definition) is 1. The molecule has 3 aromatic carbocycles. The lowest BCUT2D eigenvalue weighted by molar-refractivity contribution is -0.138. The van der Waals surface area contributed by atoms with Crippen LogP contribution in [0.1, 0.15) is 33.6 Å². The van der Waals surface area contributed by atoms with Gasteiger partial charge in [-0.2, -0.15) is 5.01 Å². The highest BCUT2D eigenvalue weighted by molar-refractivity contribution is 5.99. The molecule has 1 N–H and O–H groups in total. The number of esters is 1. The van der Waals surface area contributed by atoms with Gasteiger partial charge < -0.3 is 10.1 Å². The zero-order chi connectivity index (χ0) is 23.7. The van der Waals surface area contributed by atoms with Crippen LogP contribution in [0, 0.1) is 0 Å². The minimum absolute atomic E-state index is 0.321. The number of hydrogen-bond acceptors (Lipinski definition) is 5. The average Bonchev–Trinajstić information content (AvgIpc) is 3.40. The van der Waals surface area contributed by atoms with E-state index in [0.29, 0.717) is 11.1 Å². The highest BCUT2D eigenvalue weighted by Gasteiger charge is 2.55. The first-order valence-corrected chi connectivity index (χ1v) is 11.0. The number of carbonyl (C=O) groups excluding carboxylic acids is 3. The Morgan fingerprint density at radius 2 is 1.38 bits per heavy atom. The molecule has 170 valence electrons. The summed E-state index contributed by atoms with van der Waals surface area (Å²) >= 11 is 0. The number of carbonyl (C=O) groups is 3. The van der Waals surface area contributed by atoms with Crippen LogP contribution in [0.4, 0.5) is 0 Å². The lowest BCUT2D eigenvalue weighted by atomic mass is 9.93. The first kappa shape index (κ1) is 21.6. The monoisotopic (exact) mass is 453 g/mol. The molecule has 0 spiro atoms. The Hall–Kier alpha value is -4.23. The fourth-order valence-electron chi connectivity index (χ4n) is 4.64. The second kappa shape index (κ2) is 8.96. The van der Waals surface area contributed by atoms with Gasteiger partial charge in [0.15, 0.2) is 0 Å². The normalized spacial score (nSPS) is 21.7. The Kier molecular flexibility index (Phi) is 5.69. The van der Waals surface area contributed by atoms with Crippen molar-refractivity contribution in [1.82, 2.24) is 15.3 Å². The molecular weight excluding hydrogens is 430 g/mol. The highest BCUT2D eigenvalue weighted by Crippen LogP contribution is 2.47. The van der Waals surface area contributed by atoms with Gasteiger partial charge in [-0.3, -0.25) is 9.59 Å². The van der Waals surface area contributed by atoms with E-state index in [9.17, 15) is 14.4 Å². The molecule has 1 saturated heterocycles. The van der Waals surface area contributed by atoms with E-state index in [1.165, 1.54) is 18.3 Å². The molecule has 2 aliphatic rings. The smallest absolute Gasteiger partial charge is 0.337 e. The van der Waals surface area contributed by atoms with Gasteiger partial charge >= 0.3 is 5.97 Å². The quantitative estimate of drug-likeness (QED) is 0.599. The fourth-order valence-corrected chi connectivity index (χ4v) is 4.64. The van der Waals surface area contributed by atoms with Crippen LogP contribution in [0.15, 0.2) is 103 Å². The number of nitrogens with zero attached hydrogens (tertiary/aromatic N) is 2. The molecule has 0 aromatic heterocycles. The molecule has 7 heteroatoms. The summed E-state index contributed by atoms with van der Waals surface area (Å²) in [4.78, 5) is 39.4. The molecule has 7 nitrogen and oxygen atoms in total. The van der Waals surface area contributed by atoms with Crippen molar-refractivity contribution in [3.8, 4) is 0 Å². The predicted octanol–water partition coefficient (Wildman–Crippen LogP) is 3.40. The van der Waals surface area contributed by atoms with Crippen LogP contribution < -0.4 is 5.32 Å². The van der Waals surface area contributed by atoms with Crippen molar-refractivity contribution in [2.75, 3.05) is 7.11 Å². The van der Waals surface area contributed by atoms with Crippen molar-refractivity contribution >= 4 is 17.8 Å². The number of nitrogens with one attached hydrogen (secondary N) is 1. The van der Waals surface area contributed by atoms with Crippen LogP contribution in [0.25, 0.3) is 0 Å². The van der Waals surface area contributed by atoms with Gasteiger partial charge in [-0.05, 0) is 23.3 Å². The van der Waals surface area contributed by atoms with E-state index >= 15 is 0 Å². The Bertz CT molecular complexity index is 1240. The minimum atomic E-state index is -0.850. The van der Waals surface area contributed by atoms with Crippen molar-refractivity contribution in [2.45, 2.75) is 18.1 Å². The van der Waals surface area contributed by atoms with Crippen molar-refractivity contribution in [2.24, 2.45) is 0 Å². The molecule has 0 unspecified atom stereocenters. The SMILES string of the molecule is COC(=O)C1=CN2C(=O)[C@H](NC(=O)c3ccccc3)[C@@H](c3ccccc3)N2[C@H]1c1ccccc1. The largest absolute Gasteiger partial charge is 0.466 e. The molecule has 5 rings (SSSR count). The van der Waals surface area contributed by atoms with Crippen LogP contribution in [-0.4, -0.2) is 41.0 Å². The number of rotatable bonds is 5. The van der Waals surface area contributed by atoms with Gasteiger partial charge in [0, 0.05) is 11.8 Å². The summed E-state index contributed by atoms with van der Waals surface area (Å²) in [7, 11) is 1.32. The third-order valence-corrected chi connectivity index (χ3v) is 6.16. The zero-order valence-electron chi connectivity index (χ0n) is 18.5. The second-order valence-corrected chi connectivity index (χ2v) is 8.12. The Labute approximate surface area is 197 Å². The molecule has 0 saturated carbocycles. The van der Waals surface area contributed by atoms with E-state index < -0.39 is 24.1 Å². The summed E-state index contributed by atoms with van der Waals surface area (Å²) in [5, 5.41) is 6.23. The van der Waals surface area contributed by atoms with Crippen molar-refractivity contribution in [1.29, 1.82) is 0 Å². The Balaban J connectivity index is 1.60. The number of hydrazine groups is 1. The van der Waals surface area contributed by atoms with Gasteiger partial charge in [0.2, 0.25) is 0 Å². The summed E-state index contributed by atoms with van der Waals surface area (Å²) < 4.78 is 5.03. The van der Waals surface area contributed by atoms with E-state index in [-0.39, 0.29) is 11.8 Å². The lowest BCUT2D eigenvalue weighted by Crippen LogP contribution is -2.43. The first-order chi connectivity index (χ1) is 16.6. The molecular formula is C27H23N3O4. The van der Waals surface area contributed by atoms with Crippen LogP contribution in [0.5, 0.6) is 0 Å². The summed E-state index contributed by atoms with van der Waals surface area (Å²) in [6.07, 6.45) is 1.52. The summed E-state index contributed by atoms with van der Waals surface area (Å²) in [6, 6.07) is 25.8. The molecule has 3 atom stereocenters. The zero-order valence-corrected chi connectivity index (χ0v) is 18.5. The molecule has 2 heterocycles. The van der Waals surface area contributed by atoms with E-state index in [4.69, 9.17) is 4.74 Å². The molecule has 0 radical (unpaired) electrons. The minimum Gasteiger partial charge on any atom is -0.466 e. The van der Waals surface area contributed by atoms with E-state index in [1.54, 1.807) is 24.3 Å². The van der Waals surface area contributed by atoms with Gasteiger partial charge in [-0.15, -0.1) is 0 Å². The van der Waals surface area contributed by atoms with E-state index in [0.717, 1.165) is 11.1 Å². The van der Waals surface area contributed by atoms with Crippen LogP contribution in [-0.2, 0) is 14.3 Å². The lowest BCUT2D eigenvalue weighted by Gasteiger charge is -2.33. The van der Waals surface area contributed by atoms with Crippen molar-refractivity contribution < 1.29 is 19.1 Å². The van der Waals surface area contributed by atoms with Crippen molar-refractivity contribution in [3.63, 3.8) is 0 Å². The summed E-state index contributed by atoms with van der Waals surface area (Å²) in [6.45, 7) is 0. The van der Waals surface area contributed by atoms with Gasteiger partial charge in [0.25, 0.3) is 11.8 Å². The molecule has 34 heavy (non-hydrogen) atoms. The van der Waals surface area contributed by atoms with Crippen molar-refractivity contribution in [3.05, 3.63) is 119 Å². The maximum absolute atomic E-state index is 13.6. The summed E-state index contributed by atoms with van der Waals surface area (Å²) in [5.41, 5.74) is 2.51. The first-order valence-electron chi connectivity index (χ1n) is 11.0. The third-order valence-electron chi connectivity index (χ3n) is 6.16.